The summed E-state index contributed by atoms with van der Waals surface area (Å²) in [4.78, 5) is 28.3. The van der Waals surface area contributed by atoms with Gasteiger partial charge >= 0.3 is 0 Å². The highest BCUT2D eigenvalue weighted by atomic mass is 16.2. The van der Waals surface area contributed by atoms with Gasteiger partial charge in [-0.3, -0.25) is 4.79 Å². The summed E-state index contributed by atoms with van der Waals surface area (Å²) < 4.78 is 0. The lowest BCUT2D eigenvalue weighted by Gasteiger charge is -2.36. The van der Waals surface area contributed by atoms with Gasteiger partial charge in [-0.15, -0.1) is 0 Å². The van der Waals surface area contributed by atoms with Crippen LogP contribution in [0.15, 0.2) is 6.07 Å². The maximum Gasteiger partial charge on any atom is 0.227 e. The molecule has 0 N–H and O–H groups in total. The Kier molecular flexibility index (Phi) is 4.29. The summed E-state index contributed by atoms with van der Waals surface area (Å²) in [6.45, 7) is 7.54. The monoisotopic (exact) mass is 329 g/mol. The Bertz CT molecular complexity index is 601. The first-order valence-corrected chi connectivity index (χ1v) is 9.35. The number of nitrogens with zero attached hydrogens (tertiary/aromatic N) is 5. The van der Waals surface area contributed by atoms with E-state index in [0.717, 1.165) is 69.6 Å². The van der Waals surface area contributed by atoms with E-state index in [-0.39, 0.29) is 0 Å². The summed E-state index contributed by atoms with van der Waals surface area (Å²) >= 11 is 0. The maximum absolute atomic E-state index is 12.2. The number of piperazine rings is 1. The molecule has 3 heterocycles. The van der Waals surface area contributed by atoms with Crippen LogP contribution < -0.4 is 9.80 Å². The number of hydrogen-bond donors (Lipinski definition) is 0. The van der Waals surface area contributed by atoms with Gasteiger partial charge in [0, 0.05) is 56.9 Å². The average molecular weight is 329 g/mol. The van der Waals surface area contributed by atoms with Crippen molar-refractivity contribution in [3.8, 4) is 0 Å². The average Bonchev–Trinajstić information content (AvgIpc) is 3.47. The van der Waals surface area contributed by atoms with Gasteiger partial charge in [0.15, 0.2) is 0 Å². The zero-order valence-electron chi connectivity index (χ0n) is 14.6. The van der Waals surface area contributed by atoms with Crippen LogP contribution in [0.25, 0.3) is 0 Å². The Hall–Kier alpha value is -1.85. The van der Waals surface area contributed by atoms with Gasteiger partial charge in [0.05, 0.1) is 0 Å². The molecule has 1 amide bonds. The Morgan fingerprint density at radius 1 is 0.958 bits per heavy atom. The van der Waals surface area contributed by atoms with Gasteiger partial charge in [-0.2, -0.15) is 4.98 Å². The molecule has 6 heteroatoms. The van der Waals surface area contributed by atoms with Gasteiger partial charge in [-0.1, -0.05) is 0 Å². The molecule has 1 aromatic rings. The first kappa shape index (κ1) is 15.7. The first-order valence-electron chi connectivity index (χ1n) is 9.35. The molecule has 2 aliphatic heterocycles. The SMILES string of the molecule is Cc1cc(N2CCN(C(=O)C3CC3)CC2)nc(N2CCCCC2)n1. The molecule has 3 aliphatic rings. The Balaban J connectivity index is 1.44. The standard InChI is InChI=1S/C18H27N5O/c1-14-13-16(20-18(19-14)23-7-3-2-4-8-23)21-9-11-22(12-10-21)17(24)15-5-6-15/h13,15H,2-12H2,1H3. The van der Waals surface area contributed by atoms with E-state index >= 15 is 0 Å². The highest BCUT2D eigenvalue weighted by Crippen LogP contribution is 2.31. The number of carbonyl (C=O) groups is 1. The van der Waals surface area contributed by atoms with Crippen molar-refractivity contribution in [1.82, 2.24) is 14.9 Å². The molecule has 2 saturated heterocycles. The maximum atomic E-state index is 12.2. The molecule has 0 unspecified atom stereocenters. The number of hydrogen-bond acceptors (Lipinski definition) is 5. The molecule has 6 nitrogen and oxygen atoms in total. The molecule has 0 aromatic carbocycles. The highest BCUT2D eigenvalue weighted by Gasteiger charge is 2.34. The van der Waals surface area contributed by atoms with Crippen LogP contribution in [0.4, 0.5) is 11.8 Å². The van der Waals surface area contributed by atoms with Crippen LogP contribution in [-0.4, -0.2) is 60.0 Å². The molecule has 1 aliphatic carbocycles. The van der Waals surface area contributed by atoms with Gasteiger partial charge in [0.1, 0.15) is 5.82 Å². The predicted molar refractivity (Wildman–Crippen MR) is 94.4 cm³/mol. The van der Waals surface area contributed by atoms with Crippen LogP contribution in [0.2, 0.25) is 0 Å². The van der Waals surface area contributed by atoms with Crippen molar-refractivity contribution >= 4 is 17.7 Å². The molecular weight excluding hydrogens is 302 g/mol. The summed E-state index contributed by atoms with van der Waals surface area (Å²) in [5, 5.41) is 0. The zero-order valence-corrected chi connectivity index (χ0v) is 14.6. The van der Waals surface area contributed by atoms with E-state index in [2.05, 4.69) is 20.9 Å². The van der Waals surface area contributed by atoms with Gasteiger partial charge in [0.25, 0.3) is 0 Å². The molecule has 0 spiro atoms. The molecule has 130 valence electrons. The number of carbonyl (C=O) groups excluding carboxylic acids is 1. The number of anilines is 2. The fourth-order valence-corrected chi connectivity index (χ4v) is 3.68. The third kappa shape index (κ3) is 3.32. The van der Waals surface area contributed by atoms with Crippen molar-refractivity contribution in [3.05, 3.63) is 11.8 Å². The summed E-state index contributed by atoms with van der Waals surface area (Å²) in [5.74, 6) is 2.58. The highest BCUT2D eigenvalue weighted by molar-refractivity contribution is 5.81. The Morgan fingerprint density at radius 3 is 2.33 bits per heavy atom. The molecule has 0 bridgehead atoms. The van der Waals surface area contributed by atoms with Crippen LogP contribution in [0.5, 0.6) is 0 Å². The number of rotatable bonds is 3. The lowest BCUT2D eigenvalue weighted by molar-refractivity contribution is -0.132. The van der Waals surface area contributed by atoms with Crippen molar-refractivity contribution < 1.29 is 4.79 Å². The quantitative estimate of drug-likeness (QED) is 0.847. The molecule has 1 saturated carbocycles. The summed E-state index contributed by atoms with van der Waals surface area (Å²) in [6, 6.07) is 2.08. The van der Waals surface area contributed by atoms with E-state index in [9.17, 15) is 4.79 Å². The largest absolute Gasteiger partial charge is 0.353 e. The van der Waals surface area contributed by atoms with Crippen LogP contribution in [0, 0.1) is 12.8 Å². The number of amides is 1. The van der Waals surface area contributed by atoms with E-state index < -0.39 is 0 Å². The molecule has 1 aromatic heterocycles. The second-order valence-corrected chi connectivity index (χ2v) is 7.30. The molecule has 3 fully saturated rings. The van der Waals surface area contributed by atoms with E-state index in [4.69, 9.17) is 4.98 Å². The van der Waals surface area contributed by atoms with Crippen molar-refractivity contribution in [2.75, 3.05) is 49.1 Å². The van der Waals surface area contributed by atoms with Gasteiger partial charge < -0.3 is 14.7 Å². The fourth-order valence-electron chi connectivity index (χ4n) is 3.68. The molecule has 4 rings (SSSR count). The summed E-state index contributed by atoms with van der Waals surface area (Å²) in [7, 11) is 0. The Labute approximate surface area is 143 Å². The van der Waals surface area contributed by atoms with Crippen LogP contribution in [0.1, 0.15) is 37.8 Å². The van der Waals surface area contributed by atoms with Crippen LogP contribution in [0.3, 0.4) is 0 Å². The Morgan fingerprint density at radius 2 is 1.67 bits per heavy atom. The smallest absolute Gasteiger partial charge is 0.227 e. The van der Waals surface area contributed by atoms with E-state index in [0.29, 0.717) is 11.8 Å². The zero-order chi connectivity index (χ0) is 16.5. The lowest BCUT2D eigenvalue weighted by atomic mass is 10.1. The van der Waals surface area contributed by atoms with Gasteiger partial charge in [-0.05, 0) is 39.0 Å². The van der Waals surface area contributed by atoms with E-state index in [1.54, 1.807) is 0 Å². The molecular formula is C18H27N5O. The normalized spacial score (nSPS) is 22.0. The van der Waals surface area contributed by atoms with Crippen LogP contribution in [-0.2, 0) is 4.79 Å². The summed E-state index contributed by atoms with van der Waals surface area (Å²) in [5.41, 5.74) is 1.03. The third-order valence-corrected chi connectivity index (χ3v) is 5.31. The number of aryl methyl sites for hydroxylation is 1. The second-order valence-electron chi connectivity index (χ2n) is 7.30. The predicted octanol–water partition coefficient (Wildman–Crippen LogP) is 1.83. The van der Waals surface area contributed by atoms with Crippen molar-refractivity contribution in [1.29, 1.82) is 0 Å². The minimum Gasteiger partial charge on any atom is -0.353 e. The van der Waals surface area contributed by atoms with Crippen LogP contribution >= 0.6 is 0 Å². The number of aromatic nitrogens is 2. The third-order valence-electron chi connectivity index (χ3n) is 5.31. The van der Waals surface area contributed by atoms with Gasteiger partial charge in [-0.25, -0.2) is 4.98 Å². The lowest BCUT2D eigenvalue weighted by Crippen LogP contribution is -2.49. The van der Waals surface area contributed by atoms with Crippen molar-refractivity contribution in [2.45, 2.75) is 39.0 Å². The fraction of sp³-hybridized carbons (Fsp3) is 0.722. The van der Waals surface area contributed by atoms with E-state index in [1.807, 2.05) is 11.8 Å². The topological polar surface area (TPSA) is 52.6 Å². The summed E-state index contributed by atoms with van der Waals surface area (Å²) in [6.07, 6.45) is 5.95. The van der Waals surface area contributed by atoms with Crippen molar-refractivity contribution in [3.63, 3.8) is 0 Å². The second kappa shape index (κ2) is 6.57. The molecule has 0 radical (unpaired) electrons. The van der Waals surface area contributed by atoms with E-state index in [1.165, 1.54) is 19.3 Å². The van der Waals surface area contributed by atoms with Crippen molar-refractivity contribution in [2.24, 2.45) is 5.92 Å². The minimum absolute atomic E-state index is 0.323. The molecule has 0 atom stereocenters. The first-order chi connectivity index (χ1) is 11.7. The minimum atomic E-state index is 0.323. The van der Waals surface area contributed by atoms with Gasteiger partial charge in [0.2, 0.25) is 11.9 Å². The number of piperidine rings is 1. The molecule has 24 heavy (non-hydrogen) atoms.